The topological polar surface area (TPSA) is 42.1 Å². The van der Waals surface area contributed by atoms with Gasteiger partial charge in [0.1, 0.15) is 0 Å². The third kappa shape index (κ3) is 4.90. The smallest absolute Gasteiger partial charge is 0.0623 e. The molecule has 1 saturated heterocycles. The van der Waals surface area contributed by atoms with Crippen molar-refractivity contribution in [1.29, 1.82) is 0 Å². The number of halogens is 2. The van der Waals surface area contributed by atoms with Crippen molar-refractivity contribution in [1.82, 2.24) is 29.4 Å². The minimum atomic E-state index is 0.981. The first-order chi connectivity index (χ1) is 10.7. The molecule has 8 heteroatoms. The Hall–Kier alpha value is -0.200. The number of nitrogens with zero attached hydrogens (tertiary/aromatic N) is 6. The molecule has 0 amide bonds. The van der Waals surface area contributed by atoms with Crippen LogP contribution in [0.2, 0.25) is 0 Å². The Bertz CT molecular complexity index is 535. The van der Waals surface area contributed by atoms with Gasteiger partial charge in [-0.25, -0.2) is 0 Å². The molecule has 0 atom stereocenters. The van der Waals surface area contributed by atoms with E-state index in [1.807, 2.05) is 21.8 Å². The van der Waals surface area contributed by atoms with Crippen LogP contribution in [0.1, 0.15) is 0 Å². The Morgan fingerprint density at radius 2 is 1.14 bits per heavy atom. The Balaban J connectivity index is 1.35. The number of hydrogen-bond acceptors (Lipinski definition) is 4. The van der Waals surface area contributed by atoms with Crippen molar-refractivity contribution in [3.63, 3.8) is 0 Å². The highest BCUT2D eigenvalue weighted by molar-refractivity contribution is 14.1. The third-order valence-electron chi connectivity index (χ3n) is 3.96. The summed E-state index contributed by atoms with van der Waals surface area (Å²) in [7, 11) is 0. The molecule has 6 nitrogen and oxygen atoms in total. The van der Waals surface area contributed by atoms with Crippen LogP contribution in [0.5, 0.6) is 0 Å². The molecule has 0 radical (unpaired) electrons. The summed E-state index contributed by atoms with van der Waals surface area (Å²) in [6.45, 7) is 8.73. The van der Waals surface area contributed by atoms with E-state index in [9.17, 15) is 0 Å². The predicted molar refractivity (Wildman–Crippen MR) is 103 cm³/mol. The average Bonchev–Trinajstić information content (AvgIpc) is 3.12. The molecule has 22 heavy (non-hydrogen) atoms. The first-order valence-electron chi connectivity index (χ1n) is 7.50. The first kappa shape index (κ1) is 16.7. The fourth-order valence-electron chi connectivity index (χ4n) is 2.65. The van der Waals surface area contributed by atoms with Gasteiger partial charge in [0.05, 0.1) is 32.6 Å². The summed E-state index contributed by atoms with van der Waals surface area (Å²) in [6, 6.07) is 0. The summed E-state index contributed by atoms with van der Waals surface area (Å²) in [4.78, 5) is 5.06. The van der Waals surface area contributed by atoms with E-state index < -0.39 is 0 Å². The maximum absolute atomic E-state index is 4.34. The van der Waals surface area contributed by atoms with Gasteiger partial charge >= 0.3 is 0 Å². The summed E-state index contributed by atoms with van der Waals surface area (Å²) < 4.78 is 6.48. The van der Waals surface area contributed by atoms with E-state index in [4.69, 9.17) is 0 Å². The van der Waals surface area contributed by atoms with E-state index in [2.05, 4.69) is 77.6 Å². The summed E-state index contributed by atoms with van der Waals surface area (Å²) >= 11 is 4.60. The lowest BCUT2D eigenvalue weighted by atomic mass is 10.3. The van der Waals surface area contributed by atoms with Crippen molar-refractivity contribution in [2.24, 2.45) is 0 Å². The maximum atomic E-state index is 4.34. The minimum absolute atomic E-state index is 0.981. The molecule has 1 fully saturated rings. The molecule has 1 aliphatic rings. The summed E-state index contributed by atoms with van der Waals surface area (Å²) in [5.41, 5.74) is 0. The maximum Gasteiger partial charge on any atom is 0.0623 e. The molecule has 2 aromatic rings. The Morgan fingerprint density at radius 1 is 0.727 bits per heavy atom. The van der Waals surface area contributed by atoms with Gasteiger partial charge in [0.15, 0.2) is 0 Å². The predicted octanol–water partition coefficient (Wildman–Crippen LogP) is 1.61. The van der Waals surface area contributed by atoms with Gasteiger partial charge in [-0.3, -0.25) is 19.2 Å². The Morgan fingerprint density at radius 3 is 1.45 bits per heavy atom. The summed E-state index contributed by atoms with van der Waals surface area (Å²) in [5, 5.41) is 8.68. The van der Waals surface area contributed by atoms with Gasteiger partial charge in [0.2, 0.25) is 0 Å². The van der Waals surface area contributed by atoms with E-state index in [-0.39, 0.29) is 0 Å². The van der Waals surface area contributed by atoms with Gasteiger partial charge in [-0.15, -0.1) is 0 Å². The molecule has 0 bridgehead atoms. The Labute approximate surface area is 158 Å². The zero-order valence-corrected chi connectivity index (χ0v) is 16.7. The molecule has 3 heterocycles. The molecular formula is C14H20I2N6. The van der Waals surface area contributed by atoms with Crippen LogP contribution in [-0.2, 0) is 13.1 Å². The third-order valence-corrected chi connectivity index (χ3v) is 5.07. The van der Waals surface area contributed by atoms with Crippen LogP contribution in [0.25, 0.3) is 0 Å². The second-order valence-electron chi connectivity index (χ2n) is 5.53. The van der Waals surface area contributed by atoms with E-state index >= 15 is 0 Å². The van der Waals surface area contributed by atoms with Crippen molar-refractivity contribution in [2.45, 2.75) is 13.1 Å². The molecule has 0 spiro atoms. The first-order valence-corrected chi connectivity index (χ1v) is 9.65. The van der Waals surface area contributed by atoms with Gasteiger partial charge in [0.25, 0.3) is 0 Å². The van der Waals surface area contributed by atoms with Crippen LogP contribution < -0.4 is 0 Å². The number of aromatic nitrogens is 4. The van der Waals surface area contributed by atoms with Crippen LogP contribution in [0.4, 0.5) is 0 Å². The minimum Gasteiger partial charge on any atom is -0.299 e. The lowest BCUT2D eigenvalue weighted by Crippen LogP contribution is -2.47. The molecule has 2 aromatic heterocycles. The molecule has 0 N–H and O–H groups in total. The second-order valence-corrected chi connectivity index (χ2v) is 8.02. The van der Waals surface area contributed by atoms with Crippen LogP contribution >= 0.6 is 45.2 Å². The molecule has 3 rings (SSSR count). The number of rotatable bonds is 6. The van der Waals surface area contributed by atoms with Crippen molar-refractivity contribution in [3.8, 4) is 0 Å². The van der Waals surface area contributed by atoms with Gasteiger partial charge in [-0.05, 0) is 45.2 Å². The molecule has 0 saturated carbocycles. The molecular weight excluding hydrogens is 506 g/mol. The normalized spacial score (nSPS) is 17.2. The molecule has 0 unspecified atom stereocenters. The zero-order valence-electron chi connectivity index (χ0n) is 12.4. The van der Waals surface area contributed by atoms with Crippen LogP contribution in [0, 0.1) is 7.14 Å². The van der Waals surface area contributed by atoms with Gasteiger partial charge in [0, 0.05) is 51.7 Å². The number of piperazine rings is 1. The van der Waals surface area contributed by atoms with Crippen molar-refractivity contribution >= 4 is 45.2 Å². The fraction of sp³-hybridized carbons (Fsp3) is 0.571. The van der Waals surface area contributed by atoms with E-state index in [0.717, 1.165) is 52.4 Å². The quantitative estimate of drug-likeness (QED) is 0.537. The zero-order chi connectivity index (χ0) is 15.4. The van der Waals surface area contributed by atoms with Gasteiger partial charge < -0.3 is 0 Å². The molecule has 1 aliphatic heterocycles. The number of hydrogen-bond donors (Lipinski definition) is 0. The highest BCUT2D eigenvalue weighted by Gasteiger charge is 2.16. The molecule has 120 valence electrons. The SMILES string of the molecule is Ic1cnn(CCN2CCN(CCn3cc(I)cn3)CC2)c1. The van der Waals surface area contributed by atoms with Gasteiger partial charge in [-0.2, -0.15) is 10.2 Å². The lowest BCUT2D eigenvalue weighted by molar-refractivity contribution is 0.124. The van der Waals surface area contributed by atoms with Crippen LogP contribution in [0.15, 0.2) is 24.8 Å². The highest BCUT2D eigenvalue weighted by atomic mass is 127. The summed E-state index contributed by atoms with van der Waals surface area (Å²) in [6.07, 6.45) is 8.02. The highest BCUT2D eigenvalue weighted by Crippen LogP contribution is 2.05. The monoisotopic (exact) mass is 526 g/mol. The Kier molecular flexibility index (Phi) is 6.10. The standard InChI is InChI=1S/C14H20I2N6/c15-13-9-17-21(11-13)7-5-19-1-2-20(4-3-19)6-8-22-12-14(16)10-18-22/h9-12H,1-8H2. The van der Waals surface area contributed by atoms with Crippen molar-refractivity contribution < 1.29 is 0 Å². The van der Waals surface area contributed by atoms with Gasteiger partial charge in [-0.1, -0.05) is 0 Å². The molecule has 0 aliphatic carbocycles. The van der Waals surface area contributed by atoms with E-state index in [1.54, 1.807) is 0 Å². The second kappa shape index (κ2) is 8.06. The van der Waals surface area contributed by atoms with Crippen LogP contribution in [0.3, 0.4) is 0 Å². The average molecular weight is 526 g/mol. The van der Waals surface area contributed by atoms with Crippen LogP contribution in [-0.4, -0.2) is 68.6 Å². The van der Waals surface area contributed by atoms with E-state index in [1.165, 1.54) is 7.14 Å². The fourth-order valence-corrected chi connectivity index (χ4v) is 3.54. The molecule has 0 aromatic carbocycles. The van der Waals surface area contributed by atoms with Crippen molar-refractivity contribution in [3.05, 3.63) is 31.9 Å². The lowest BCUT2D eigenvalue weighted by Gasteiger charge is -2.34. The van der Waals surface area contributed by atoms with E-state index in [0.29, 0.717) is 0 Å². The summed E-state index contributed by atoms with van der Waals surface area (Å²) in [5.74, 6) is 0. The largest absolute Gasteiger partial charge is 0.299 e. The van der Waals surface area contributed by atoms with Crippen molar-refractivity contribution in [2.75, 3.05) is 39.3 Å².